The van der Waals surface area contributed by atoms with Gasteiger partial charge in [-0.25, -0.2) is 0 Å². The number of nitrogens with one attached hydrogen (secondary N) is 1. The number of hydrogen-bond donors (Lipinski definition) is 1. The number of piperazine rings is 1. The van der Waals surface area contributed by atoms with Gasteiger partial charge in [-0.1, -0.05) is 11.6 Å². The minimum Gasteiger partial charge on any atom is -0.484 e. The Kier molecular flexibility index (Phi) is 5.81. The van der Waals surface area contributed by atoms with Crippen molar-refractivity contribution in [2.45, 2.75) is 12.5 Å². The summed E-state index contributed by atoms with van der Waals surface area (Å²) in [6.07, 6.45) is -0.185. The number of amides is 2. The van der Waals surface area contributed by atoms with Crippen LogP contribution in [0.1, 0.15) is 6.42 Å². The Bertz CT molecular complexity index is 590. The molecule has 1 aliphatic rings. The molecule has 0 saturated carbocycles. The maximum atomic E-state index is 12.3. The molecule has 1 aromatic rings. The molecular formula is C15H17ClN2O5. The number of ether oxygens (including phenoxy) is 2. The normalized spacial score (nSPS) is 17.4. The molecule has 0 unspecified atom stereocenters. The van der Waals surface area contributed by atoms with E-state index in [4.69, 9.17) is 16.3 Å². The molecule has 0 bridgehead atoms. The number of nitrogens with zero attached hydrogens (tertiary/aromatic N) is 1. The summed E-state index contributed by atoms with van der Waals surface area (Å²) >= 11 is 5.77. The summed E-state index contributed by atoms with van der Waals surface area (Å²) in [4.78, 5) is 37.0. The number of rotatable bonds is 5. The largest absolute Gasteiger partial charge is 0.484 e. The van der Waals surface area contributed by atoms with Gasteiger partial charge in [0.1, 0.15) is 11.8 Å². The fraction of sp³-hybridized carbons (Fsp3) is 0.400. The molecule has 1 N–H and O–H groups in total. The third-order valence-corrected chi connectivity index (χ3v) is 3.67. The van der Waals surface area contributed by atoms with Crippen molar-refractivity contribution in [3.8, 4) is 5.75 Å². The van der Waals surface area contributed by atoms with Crippen molar-refractivity contribution in [3.63, 3.8) is 0 Å². The van der Waals surface area contributed by atoms with E-state index in [2.05, 4.69) is 10.1 Å². The summed E-state index contributed by atoms with van der Waals surface area (Å²) in [6, 6.07) is 5.71. The Morgan fingerprint density at radius 2 is 2.04 bits per heavy atom. The van der Waals surface area contributed by atoms with Gasteiger partial charge in [0.2, 0.25) is 5.91 Å². The van der Waals surface area contributed by atoms with E-state index >= 15 is 0 Å². The summed E-state index contributed by atoms with van der Waals surface area (Å²) in [5, 5.41) is 3.19. The fourth-order valence-corrected chi connectivity index (χ4v) is 2.34. The fourth-order valence-electron chi connectivity index (χ4n) is 2.22. The summed E-state index contributed by atoms with van der Waals surface area (Å²) in [5.74, 6) is -0.803. The summed E-state index contributed by atoms with van der Waals surface area (Å²) in [6.45, 7) is 0.423. The Balaban J connectivity index is 1.98. The molecule has 1 aliphatic heterocycles. The molecule has 2 rings (SSSR count). The molecule has 0 radical (unpaired) electrons. The van der Waals surface area contributed by atoms with Crippen LogP contribution in [0.3, 0.4) is 0 Å². The Morgan fingerprint density at radius 1 is 1.35 bits per heavy atom. The maximum absolute atomic E-state index is 12.3. The predicted octanol–water partition coefficient (Wildman–Crippen LogP) is 0.609. The SMILES string of the molecule is COC(=O)C[C@H]1C(=O)NCCN1C(=O)COc1ccc(Cl)cc1. The van der Waals surface area contributed by atoms with E-state index in [1.807, 2.05) is 0 Å². The zero-order valence-electron chi connectivity index (χ0n) is 12.6. The third-order valence-electron chi connectivity index (χ3n) is 3.41. The molecule has 8 heteroatoms. The van der Waals surface area contributed by atoms with Gasteiger partial charge < -0.3 is 19.7 Å². The highest BCUT2D eigenvalue weighted by atomic mass is 35.5. The molecule has 23 heavy (non-hydrogen) atoms. The first-order chi connectivity index (χ1) is 11.0. The second-order valence-corrected chi connectivity index (χ2v) is 5.35. The Hall–Kier alpha value is -2.28. The van der Waals surface area contributed by atoms with E-state index < -0.39 is 12.0 Å². The van der Waals surface area contributed by atoms with Crippen LogP contribution in [0.2, 0.25) is 5.02 Å². The van der Waals surface area contributed by atoms with Crippen LogP contribution in [-0.4, -0.2) is 55.5 Å². The number of benzene rings is 1. The van der Waals surface area contributed by atoms with Crippen molar-refractivity contribution >= 4 is 29.4 Å². The molecular weight excluding hydrogens is 324 g/mol. The minimum absolute atomic E-state index is 0.185. The first-order valence-electron chi connectivity index (χ1n) is 7.03. The lowest BCUT2D eigenvalue weighted by atomic mass is 10.1. The van der Waals surface area contributed by atoms with E-state index in [-0.39, 0.29) is 24.8 Å². The standard InChI is InChI=1S/C15H17ClN2O5/c1-22-14(20)8-12-15(21)17-6-7-18(12)13(19)9-23-11-4-2-10(16)3-5-11/h2-5,12H,6-9H2,1H3,(H,17,21)/t12-/m0/s1. The van der Waals surface area contributed by atoms with Gasteiger partial charge >= 0.3 is 5.97 Å². The molecule has 1 atom stereocenters. The third kappa shape index (κ3) is 4.59. The quantitative estimate of drug-likeness (QED) is 0.794. The van der Waals surface area contributed by atoms with Gasteiger partial charge in [-0.3, -0.25) is 14.4 Å². The summed E-state index contributed by atoms with van der Waals surface area (Å²) < 4.78 is 9.96. The van der Waals surface area contributed by atoms with Gasteiger partial charge in [-0.05, 0) is 24.3 Å². The molecule has 0 aromatic heterocycles. The predicted molar refractivity (Wildman–Crippen MR) is 82.1 cm³/mol. The molecule has 1 heterocycles. The molecule has 2 amide bonds. The molecule has 0 aliphatic carbocycles. The van der Waals surface area contributed by atoms with Crippen LogP contribution >= 0.6 is 11.6 Å². The van der Waals surface area contributed by atoms with E-state index in [0.717, 1.165) is 0 Å². The van der Waals surface area contributed by atoms with E-state index in [9.17, 15) is 14.4 Å². The van der Waals surface area contributed by atoms with Crippen LogP contribution in [0.25, 0.3) is 0 Å². The van der Waals surface area contributed by atoms with Gasteiger partial charge in [-0.15, -0.1) is 0 Å². The average molecular weight is 341 g/mol. The van der Waals surface area contributed by atoms with E-state index in [1.54, 1.807) is 24.3 Å². The van der Waals surface area contributed by atoms with Gasteiger partial charge in [0.15, 0.2) is 6.61 Å². The van der Waals surface area contributed by atoms with Crippen LogP contribution in [0, 0.1) is 0 Å². The molecule has 0 spiro atoms. The highest BCUT2D eigenvalue weighted by molar-refractivity contribution is 6.30. The van der Waals surface area contributed by atoms with Crippen LogP contribution < -0.4 is 10.1 Å². The maximum Gasteiger partial charge on any atom is 0.308 e. The van der Waals surface area contributed by atoms with E-state index in [0.29, 0.717) is 23.9 Å². The number of carbonyl (C=O) groups excluding carboxylic acids is 3. The van der Waals surface area contributed by atoms with Crippen LogP contribution in [0.4, 0.5) is 0 Å². The summed E-state index contributed by atoms with van der Waals surface area (Å²) in [5.41, 5.74) is 0. The van der Waals surface area contributed by atoms with Crippen molar-refractivity contribution in [3.05, 3.63) is 29.3 Å². The number of halogens is 1. The minimum atomic E-state index is -0.877. The highest BCUT2D eigenvalue weighted by Crippen LogP contribution is 2.16. The zero-order valence-corrected chi connectivity index (χ0v) is 13.3. The first-order valence-corrected chi connectivity index (χ1v) is 7.41. The average Bonchev–Trinajstić information content (AvgIpc) is 2.55. The molecule has 124 valence electrons. The van der Waals surface area contributed by atoms with Gasteiger partial charge in [0.25, 0.3) is 5.91 Å². The Labute approximate surface area is 138 Å². The Morgan fingerprint density at radius 3 is 2.70 bits per heavy atom. The summed E-state index contributed by atoms with van der Waals surface area (Å²) in [7, 11) is 1.23. The molecule has 7 nitrogen and oxygen atoms in total. The monoisotopic (exact) mass is 340 g/mol. The van der Waals surface area contributed by atoms with Crippen molar-refractivity contribution in [2.75, 3.05) is 26.8 Å². The number of methoxy groups -OCH3 is 1. The van der Waals surface area contributed by atoms with Gasteiger partial charge in [0.05, 0.1) is 13.5 Å². The zero-order chi connectivity index (χ0) is 16.8. The van der Waals surface area contributed by atoms with Crippen molar-refractivity contribution in [1.82, 2.24) is 10.2 Å². The highest BCUT2D eigenvalue weighted by Gasteiger charge is 2.35. The second kappa shape index (κ2) is 7.82. The van der Waals surface area contributed by atoms with Crippen molar-refractivity contribution in [1.29, 1.82) is 0 Å². The van der Waals surface area contributed by atoms with Crippen molar-refractivity contribution in [2.24, 2.45) is 0 Å². The van der Waals surface area contributed by atoms with Gasteiger partial charge in [-0.2, -0.15) is 0 Å². The number of hydrogen-bond acceptors (Lipinski definition) is 5. The lowest BCUT2D eigenvalue weighted by Crippen LogP contribution is -2.58. The molecule has 1 aromatic carbocycles. The van der Waals surface area contributed by atoms with E-state index in [1.165, 1.54) is 12.0 Å². The van der Waals surface area contributed by atoms with Crippen molar-refractivity contribution < 1.29 is 23.9 Å². The smallest absolute Gasteiger partial charge is 0.308 e. The lowest BCUT2D eigenvalue weighted by molar-refractivity contribution is -0.151. The van der Waals surface area contributed by atoms with Gasteiger partial charge in [0, 0.05) is 18.1 Å². The number of carbonyl (C=O) groups is 3. The molecule has 1 fully saturated rings. The topological polar surface area (TPSA) is 84.9 Å². The molecule has 1 saturated heterocycles. The van der Waals surface area contributed by atoms with Crippen LogP contribution in [-0.2, 0) is 19.1 Å². The number of esters is 1. The van der Waals surface area contributed by atoms with Crippen LogP contribution in [0.15, 0.2) is 24.3 Å². The lowest BCUT2D eigenvalue weighted by Gasteiger charge is -2.34. The second-order valence-electron chi connectivity index (χ2n) is 4.92. The van der Waals surface area contributed by atoms with Crippen LogP contribution in [0.5, 0.6) is 5.75 Å². The first kappa shape index (κ1) is 17.1.